The lowest BCUT2D eigenvalue weighted by Crippen LogP contribution is -2.62. The van der Waals surface area contributed by atoms with E-state index in [9.17, 15) is 14.0 Å². The average molecular weight is 375 g/mol. The first kappa shape index (κ1) is 18.4. The Morgan fingerprint density at radius 2 is 2.11 bits per heavy atom. The predicted molar refractivity (Wildman–Crippen MR) is 96.7 cm³/mol. The third-order valence-electron chi connectivity index (χ3n) is 6.80. The van der Waals surface area contributed by atoms with Crippen molar-refractivity contribution < 1.29 is 19.2 Å². The Morgan fingerprint density at radius 3 is 2.78 bits per heavy atom. The quantitative estimate of drug-likeness (QED) is 0.613. The molecule has 1 aliphatic carbocycles. The van der Waals surface area contributed by atoms with Gasteiger partial charge in [0.15, 0.2) is 0 Å². The van der Waals surface area contributed by atoms with Crippen LogP contribution in [0.5, 0.6) is 0 Å². The van der Waals surface area contributed by atoms with Gasteiger partial charge in [-0.15, -0.1) is 0 Å². The number of fused-ring (bicyclic) bond motifs is 1. The third kappa shape index (κ3) is 3.12. The molecule has 0 bridgehead atoms. The molecule has 7 heteroatoms. The standard InChI is InChI=1S/C20H26FN3O3/c1-13(25)24-7-2-5-20(12-24)6-3-18(20)23-8-4-14-9-15(19(26)22-27)10-17(21)16(14)11-23/h9-10,18,27H,2-8,11-12H2,1H3,(H,22,26)/t18?,20-/m1/s1. The topological polar surface area (TPSA) is 72.9 Å². The Morgan fingerprint density at radius 1 is 1.30 bits per heavy atom. The van der Waals surface area contributed by atoms with Gasteiger partial charge in [-0.1, -0.05) is 0 Å². The first-order valence-corrected chi connectivity index (χ1v) is 9.69. The minimum atomic E-state index is -0.691. The van der Waals surface area contributed by atoms with Crippen molar-refractivity contribution in [1.82, 2.24) is 15.3 Å². The van der Waals surface area contributed by atoms with E-state index in [2.05, 4.69) is 4.90 Å². The van der Waals surface area contributed by atoms with Gasteiger partial charge in [-0.25, -0.2) is 9.87 Å². The van der Waals surface area contributed by atoms with Gasteiger partial charge in [-0.05, 0) is 49.8 Å². The summed E-state index contributed by atoms with van der Waals surface area (Å²) < 4.78 is 14.6. The predicted octanol–water partition coefficient (Wildman–Crippen LogP) is 2.09. The van der Waals surface area contributed by atoms with Crippen molar-refractivity contribution in [3.05, 3.63) is 34.6 Å². The van der Waals surface area contributed by atoms with E-state index >= 15 is 0 Å². The van der Waals surface area contributed by atoms with E-state index in [0.29, 0.717) is 24.6 Å². The maximum Gasteiger partial charge on any atom is 0.274 e. The maximum atomic E-state index is 14.6. The molecule has 2 N–H and O–H groups in total. The van der Waals surface area contributed by atoms with E-state index in [1.54, 1.807) is 18.5 Å². The van der Waals surface area contributed by atoms with E-state index in [0.717, 1.165) is 50.9 Å². The summed E-state index contributed by atoms with van der Waals surface area (Å²) in [5.41, 5.74) is 3.35. The Kier molecular flexibility index (Phi) is 4.68. The van der Waals surface area contributed by atoms with E-state index in [1.807, 2.05) is 4.90 Å². The second-order valence-corrected chi connectivity index (χ2v) is 8.22. The number of likely N-dealkylation sites (tertiary alicyclic amines) is 1. The number of nitrogens with zero attached hydrogens (tertiary/aromatic N) is 2. The van der Waals surface area contributed by atoms with E-state index in [-0.39, 0.29) is 16.9 Å². The van der Waals surface area contributed by atoms with Gasteiger partial charge in [0, 0.05) is 55.7 Å². The molecule has 146 valence electrons. The number of amides is 2. The highest BCUT2D eigenvalue weighted by atomic mass is 19.1. The maximum absolute atomic E-state index is 14.6. The number of carbonyl (C=O) groups excluding carboxylic acids is 2. The second-order valence-electron chi connectivity index (χ2n) is 8.22. The molecule has 2 heterocycles. The normalized spacial score (nSPS) is 27.8. The van der Waals surface area contributed by atoms with Gasteiger partial charge >= 0.3 is 0 Å². The monoisotopic (exact) mass is 375 g/mol. The van der Waals surface area contributed by atoms with Crippen molar-refractivity contribution in [2.45, 2.75) is 51.6 Å². The number of carbonyl (C=O) groups is 2. The van der Waals surface area contributed by atoms with Crippen LogP contribution in [0.15, 0.2) is 12.1 Å². The number of piperidine rings is 1. The smallest absolute Gasteiger partial charge is 0.274 e. The minimum absolute atomic E-state index is 0.143. The Hall–Kier alpha value is -1.99. The molecule has 27 heavy (non-hydrogen) atoms. The van der Waals surface area contributed by atoms with Crippen molar-refractivity contribution in [2.24, 2.45) is 5.41 Å². The lowest BCUT2D eigenvalue weighted by Gasteiger charge is -2.58. The molecule has 0 aromatic heterocycles. The first-order chi connectivity index (χ1) is 12.9. The van der Waals surface area contributed by atoms with Crippen molar-refractivity contribution in [2.75, 3.05) is 19.6 Å². The van der Waals surface area contributed by atoms with Crippen LogP contribution in [-0.4, -0.2) is 52.5 Å². The summed E-state index contributed by atoms with van der Waals surface area (Å²) in [6.07, 6.45) is 5.07. The van der Waals surface area contributed by atoms with Crippen LogP contribution in [0.4, 0.5) is 4.39 Å². The lowest BCUT2D eigenvalue weighted by molar-refractivity contribution is -0.139. The summed E-state index contributed by atoms with van der Waals surface area (Å²) in [5, 5.41) is 8.78. The highest BCUT2D eigenvalue weighted by molar-refractivity contribution is 5.93. The molecular weight excluding hydrogens is 349 g/mol. The summed E-state index contributed by atoms with van der Waals surface area (Å²) >= 11 is 0. The van der Waals surface area contributed by atoms with Gasteiger partial charge < -0.3 is 4.90 Å². The SMILES string of the molecule is CC(=O)N1CCC[C@@]2(CCC2N2CCc3cc(C(=O)NO)cc(F)c3C2)C1. The molecule has 4 rings (SSSR count). The van der Waals surface area contributed by atoms with Crippen LogP contribution in [0.25, 0.3) is 0 Å². The number of halogens is 1. The van der Waals surface area contributed by atoms with Gasteiger partial charge in [0.2, 0.25) is 5.91 Å². The van der Waals surface area contributed by atoms with Crippen LogP contribution >= 0.6 is 0 Å². The van der Waals surface area contributed by atoms with Gasteiger partial charge in [-0.3, -0.25) is 19.7 Å². The third-order valence-corrected chi connectivity index (χ3v) is 6.80. The van der Waals surface area contributed by atoms with Crippen LogP contribution < -0.4 is 5.48 Å². The Bertz CT molecular complexity index is 784. The first-order valence-electron chi connectivity index (χ1n) is 9.69. The molecule has 1 spiro atoms. The van der Waals surface area contributed by atoms with Gasteiger partial charge in [0.05, 0.1) is 0 Å². The molecule has 2 aliphatic heterocycles. The summed E-state index contributed by atoms with van der Waals surface area (Å²) in [6.45, 7) is 4.66. The highest BCUT2D eigenvalue weighted by Gasteiger charge is 2.52. The molecule has 1 aromatic rings. The van der Waals surface area contributed by atoms with E-state index in [4.69, 9.17) is 5.21 Å². The molecular formula is C20H26FN3O3. The summed E-state index contributed by atoms with van der Waals surface area (Å²) in [5.74, 6) is -0.939. The zero-order valence-corrected chi connectivity index (χ0v) is 15.6. The lowest BCUT2D eigenvalue weighted by atomic mass is 9.59. The molecule has 0 radical (unpaired) electrons. The molecule has 2 amide bonds. The molecule has 1 saturated carbocycles. The number of hydroxylamine groups is 1. The van der Waals surface area contributed by atoms with E-state index in [1.165, 1.54) is 6.07 Å². The molecule has 6 nitrogen and oxygen atoms in total. The molecule has 2 fully saturated rings. The Balaban J connectivity index is 1.53. The van der Waals surface area contributed by atoms with Gasteiger partial charge in [0.1, 0.15) is 5.82 Å². The number of benzene rings is 1. The molecule has 1 unspecified atom stereocenters. The zero-order chi connectivity index (χ0) is 19.2. The summed E-state index contributed by atoms with van der Waals surface area (Å²) in [7, 11) is 0. The van der Waals surface area contributed by atoms with Crippen LogP contribution in [0, 0.1) is 11.2 Å². The van der Waals surface area contributed by atoms with E-state index < -0.39 is 11.7 Å². The fraction of sp³-hybridized carbons (Fsp3) is 0.600. The van der Waals surface area contributed by atoms with Crippen molar-refractivity contribution in [3.8, 4) is 0 Å². The fourth-order valence-electron chi connectivity index (χ4n) is 5.26. The highest BCUT2D eigenvalue weighted by Crippen LogP contribution is 2.51. The molecule has 1 saturated heterocycles. The fourth-order valence-corrected chi connectivity index (χ4v) is 5.26. The second kappa shape index (κ2) is 6.87. The van der Waals surface area contributed by atoms with Gasteiger partial charge in [-0.2, -0.15) is 0 Å². The average Bonchev–Trinajstić information content (AvgIpc) is 2.66. The largest absolute Gasteiger partial charge is 0.342 e. The van der Waals surface area contributed by atoms with Crippen molar-refractivity contribution >= 4 is 11.8 Å². The van der Waals surface area contributed by atoms with Crippen molar-refractivity contribution in [1.29, 1.82) is 0 Å². The minimum Gasteiger partial charge on any atom is -0.342 e. The molecule has 2 atom stereocenters. The number of hydrogen-bond donors (Lipinski definition) is 2. The number of rotatable bonds is 2. The summed E-state index contributed by atoms with van der Waals surface area (Å²) in [6, 6.07) is 3.26. The van der Waals surface area contributed by atoms with Crippen LogP contribution in [0.2, 0.25) is 0 Å². The van der Waals surface area contributed by atoms with Gasteiger partial charge in [0.25, 0.3) is 5.91 Å². The summed E-state index contributed by atoms with van der Waals surface area (Å²) in [4.78, 5) is 27.8. The van der Waals surface area contributed by atoms with Crippen LogP contribution in [0.3, 0.4) is 0 Å². The number of nitrogens with one attached hydrogen (secondary N) is 1. The zero-order valence-electron chi connectivity index (χ0n) is 15.6. The van der Waals surface area contributed by atoms with Crippen LogP contribution in [-0.2, 0) is 17.8 Å². The van der Waals surface area contributed by atoms with Crippen molar-refractivity contribution in [3.63, 3.8) is 0 Å². The molecule has 1 aromatic carbocycles. The number of hydrogen-bond acceptors (Lipinski definition) is 4. The Labute approximate surface area is 158 Å². The van der Waals surface area contributed by atoms with Crippen LogP contribution in [0.1, 0.15) is 54.1 Å². The molecule has 3 aliphatic rings.